The molecule has 0 saturated carbocycles. The SMILES string of the molecule is Cn1c(=O)c(CCN)c(O)c2ccccc21. The highest BCUT2D eigenvalue weighted by Gasteiger charge is 2.12. The summed E-state index contributed by atoms with van der Waals surface area (Å²) in [5.41, 5.74) is 6.37. The Bertz CT molecular complexity index is 587. The normalized spacial score (nSPS) is 10.9. The van der Waals surface area contributed by atoms with Gasteiger partial charge >= 0.3 is 0 Å². The second kappa shape index (κ2) is 3.98. The molecule has 3 N–H and O–H groups in total. The van der Waals surface area contributed by atoms with Crippen LogP contribution in [-0.2, 0) is 13.5 Å². The van der Waals surface area contributed by atoms with Gasteiger partial charge in [-0.15, -0.1) is 0 Å². The summed E-state index contributed by atoms with van der Waals surface area (Å²) in [5.74, 6) is 0.0594. The molecule has 1 aromatic carbocycles. The van der Waals surface area contributed by atoms with E-state index >= 15 is 0 Å². The van der Waals surface area contributed by atoms with E-state index in [1.54, 1.807) is 17.7 Å². The van der Waals surface area contributed by atoms with Crippen LogP contribution < -0.4 is 11.3 Å². The van der Waals surface area contributed by atoms with E-state index in [0.29, 0.717) is 23.9 Å². The molecular formula is C12H14N2O2. The molecule has 0 amide bonds. The maximum atomic E-state index is 11.9. The number of aromatic hydroxyl groups is 1. The van der Waals surface area contributed by atoms with Crippen LogP contribution in [0.5, 0.6) is 5.75 Å². The van der Waals surface area contributed by atoms with Gasteiger partial charge in [-0.3, -0.25) is 4.79 Å². The zero-order valence-corrected chi connectivity index (χ0v) is 9.10. The summed E-state index contributed by atoms with van der Waals surface area (Å²) in [5, 5.41) is 10.7. The predicted octanol–water partition coefficient (Wildman–Crippen LogP) is 0.745. The van der Waals surface area contributed by atoms with Gasteiger partial charge in [0.05, 0.1) is 11.1 Å². The smallest absolute Gasteiger partial charge is 0.257 e. The molecule has 0 radical (unpaired) electrons. The maximum absolute atomic E-state index is 11.9. The van der Waals surface area contributed by atoms with Crippen LogP contribution in [-0.4, -0.2) is 16.2 Å². The van der Waals surface area contributed by atoms with E-state index in [1.165, 1.54) is 0 Å². The zero-order valence-electron chi connectivity index (χ0n) is 9.10. The Morgan fingerprint density at radius 2 is 2.06 bits per heavy atom. The fourth-order valence-electron chi connectivity index (χ4n) is 1.91. The molecule has 4 nitrogen and oxygen atoms in total. The highest BCUT2D eigenvalue weighted by molar-refractivity contribution is 5.86. The summed E-state index contributed by atoms with van der Waals surface area (Å²) < 4.78 is 1.54. The highest BCUT2D eigenvalue weighted by Crippen LogP contribution is 2.25. The van der Waals surface area contributed by atoms with E-state index in [2.05, 4.69) is 0 Å². The fraction of sp³-hybridized carbons (Fsp3) is 0.250. The van der Waals surface area contributed by atoms with Gasteiger partial charge in [0.2, 0.25) is 0 Å². The molecule has 0 fully saturated rings. The second-order valence-electron chi connectivity index (χ2n) is 3.75. The topological polar surface area (TPSA) is 68.2 Å². The van der Waals surface area contributed by atoms with Crippen LogP contribution in [0.3, 0.4) is 0 Å². The number of nitrogens with two attached hydrogens (primary N) is 1. The number of hydrogen-bond acceptors (Lipinski definition) is 3. The molecule has 0 unspecified atom stereocenters. The molecule has 2 rings (SSSR count). The first-order chi connectivity index (χ1) is 7.66. The Labute approximate surface area is 92.9 Å². The van der Waals surface area contributed by atoms with Crippen molar-refractivity contribution < 1.29 is 5.11 Å². The van der Waals surface area contributed by atoms with Crippen LogP contribution in [0.1, 0.15) is 5.56 Å². The molecule has 0 spiro atoms. The maximum Gasteiger partial charge on any atom is 0.257 e. The Morgan fingerprint density at radius 1 is 1.38 bits per heavy atom. The molecule has 0 aliphatic carbocycles. The number of nitrogens with zero attached hydrogens (tertiary/aromatic N) is 1. The molecule has 0 atom stereocenters. The van der Waals surface area contributed by atoms with Gasteiger partial charge in [-0.05, 0) is 25.1 Å². The van der Waals surface area contributed by atoms with E-state index in [9.17, 15) is 9.90 Å². The van der Waals surface area contributed by atoms with Crippen molar-refractivity contribution in [3.05, 3.63) is 40.2 Å². The van der Waals surface area contributed by atoms with Gasteiger partial charge in [-0.1, -0.05) is 12.1 Å². The van der Waals surface area contributed by atoms with Crippen LogP contribution in [0.15, 0.2) is 29.1 Å². The number of pyridine rings is 1. The zero-order chi connectivity index (χ0) is 11.7. The highest BCUT2D eigenvalue weighted by atomic mass is 16.3. The molecule has 0 aliphatic rings. The molecule has 0 saturated heterocycles. The molecule has 4 heteroatoms. The van der Waals surface area contributed by atoms with Gasteiger partial charge in [0.1, 0.15) is 5.75 Å². The van der Waals surface area contributed by atoms with E-state index in [-0.39, 0.29) is 11.3 Å². The number of benzene rings is 1. The average Bonchev–Trinajstić information content (AvgIpc) is 2.32. The number of rotatable bonds is 2. The third-order valence-corrected chi connectivity index (χ3v) is 2.76. The van der Waals surface area contributed by atoms with E-state index in [1.807, 2.05) is 18.2 Å². The van der Waals surface area contributed by atoms with E-state index < -0.39 is 0 Å². The summed E-state index contributed by atoms with van der Waals surface area (Å²) >= 11 is 0. The standard InChI is InChI=1S/C12H14N2O2/c1-14-10-5-3-2-4-8(10)11(15)9(6-7-13)12(14)16/h2-5,15H,6-7,13H2,1H3. The van der Waals surface area contributed by atoms with Crippen molar-refractivity contribution in [3.8, 4) is 5.75 Å². The molecule has 1 heterocycles. The fourth-order valence-corrected chi connectivity index (χ4v) is 1.91. The Morgan fingerprint density at radius 3 is 2.75 bits per heavy atom. The lowest BCUT2D eigenvalue weighted by molar-refractivity contribution is 0.471. The molecule has 0 aliphatic heterocycles. The number of aromatic nitrogens is 1. The number of aryl methyl sites for hydroxylation is 1. The molecule has 1 aromatic heterocycles. The van der Waals surface area contributed by atoms with Crippen molar-refractivity contribution in [2.24, 2.45) is 12.8 Å². The van der Waals surface area contributed by atoms with Crippen molar-refractivity contribution in [3.63, 3.8) is 0 Å². The molecule has 2 aromatic rings. The monoisotopic (exact) mass is 218 g/mol. The van der Waals surface area contributed by atoms with Crippen LogP contribution in [0.4, 0.5) is 0 Å². The minimum atomic E-state index is -0.179. The minimum absolute atomic E-state index is 0.0594. The van der Waals surface area contributed by atoms with Crippen molar-refractivity contribution >= 4 is 10.9 Å². The third kappa shape index (κ3) is 1.47. The van der Waals surface area contributed by atoms with E-state index in [0.717, 1.165) is 5.52 Å². The van der Waals surface area contributed by atoms with Crippen molar-refractivity contribution in [2.75, 3.05) is 6.54 Å². The quantitative estimate of drug-likeness (QED) is 0.781. The van der Waals surface area contributed by atoms with Crippen LogP contribution >= 0.6 is 0 Å². The largest absolute Gasteiger partial charge is 0.507 e. The molecule has 0 bridgehead atoms. The van der Waals surface area contributed by atoms with Crippen LogP contribution in [0, 0.1) is 0 Å². The summed E-state index contributed by atoms with van der Waals surface area (Å²) in [7, 11) is 1.70. The van der Waals surface area contributed by atoms with Gasteiger partial charge in [0.15, 0.2) is 0 Å². The van der Waals surface area contributed by atoms with Crippen molar-refractivity contribution in [1.82, 2.24) is 4.57 Å². The lowest BCUT2D eigenvalue weighted by Crippen LogP contribution is -2.23. The van der Waals surface area contributed by atoms with Gasteiger partial charge in [0.25, 0.3) is 5.56 Å². The number of fused-ring (bicyclic) bond motifs is 1. The third-order valence-electron chi connectivity index (χ3n) is 2.76. The summed E-state index contributed by atoms with van der Waals surface area (Å²) in [4.78, 5) is 11.9. The lowest BCUT2D eigenvalue weighted by Gasteiger charge is -2.10. The first-order valence-electron chi connectivity index (χ1n) is 5.16. The van der Waals surface area contributed by atoms with Gasteiger partial charge in [-0.25, -0.2) is 0 Å². The van der Waals surface area contributed by atoms with Crippen molar-refractivity contribution in [2.45, 2.75) is 6.42 Å². The number of para-hydroxylation sites is 1. The second-order valence-corrected chi connectivity index (χ2v) is 3.75. The Hall–Kier alpha value is -1.81. The Balaban J connectivity index is 2.89. The predicted molar refractivity (Wildman–Crippen MR) is 63.6 cm³/mol. The first-order valence-corrected chi connectivity index (χ1v) is 5.16. The average molecular weight is 218 g/mol. The van der Waals surface area contributed by atoms with Gasteiger partial charge < -0.3 is 15.4 Å². The van der Waals surface area contributed by atoms with Crippen LogP contribution in [0.2, 0.25) is 0 Å². The Kier molecular flexibility index (Phi) is 2.66. The number of hydrogen-bond donors (Lipinski definition) is 2. The summed E-state index contributed by atoms with van der Waals surface area (Å²) in [6, 6.07) is 7.27. The molecule has 16 heavy (non-hydrogen) atoms. The molecular weight excluding hydrogens is 204 g/mol. The van der Waals surface area contributed by atoms with Gasteiger partial charge in [0, 0.05) is 12.4 Å². The first kappa shape index (κ1) is 10.7. The van der Waals surface area contributed by atoms with Crippen molar-refractivity contribution in [1.29, 1.82) is 0 Å². The van der Waals surface area contributed by atoms with E-state index in [4.69, 9.17) is 5.73 Å². The summed E-state index contributed by atoms with van der Waals surface area (Å²) in [6.45, 7) is 0.348. The van der Waals surface area contributed by atoms with Gasteiger partial charge in [-0.2, -0.15) is 0 Å². The summed E-state index contributed by atoms with van der Waals surface area (Å²) in [6.07, 6.45) is 0.392. The van der Waals surface area contributed by atoms with Crippen LogP contribution in [0.25, 0.3) is 10.9 Å². The lowest BCUT2D eigenvalue weighted by atomic mass is 10.1. The minimum Gasteiger partial charge on any atom is -0.507 e. The molecule has 84 valence electrons.